The summed E-state index contributed by atoms with van der Waals surface area (Å²) in [5.41, 5.74) is 4.63. The molecule has 1 N–H and O–H groups in total. The zero-order valence-electron chi connectivity index (χ0n) is 17.7. The van der Waals surface area contributed by atoms with Gasteiger partial charge >= 0.3 is 0 Å². The minimum atomic E-state index is -0.0421. The number of aromatic nitrogens is 2. The number of nitrogens with zero attached hydrogens (tertiary/aromatic N) is 2. The molecule has 1 aromatic heterocycles. The number of carbonyl (C=O) groups excluding carboxylic acids is 1. The number of hydrogen-bond acceptors (Lipinski definition) is 3. The molecule has 5 nitrogen and oxygen atoms in total. The van der Waals surface area contributed by atoms with E-state index in [1.54, 1.807) is 0 Å². The highest BCUT2D eigenvalue weighted by Crippen LogP contribution is 2.31. The molecular formula is C26H25N3O2. The van der Waals surface area contributed by atoms with Crippen LogP contribution >= 0.6 is 0 Å². The molecule has 3 aromatic carbocycles. The molecule has 0 fully saturated rings. The number of nitrogens with one attached hydrogen (secondary N) is 1. The SMILES string of the molecule is Cc1cccc(-n2nc(C)c(CCC(=O)Nc3ccccc3)c2Oc2ccccc2)c1. The standard InChI is InChI=1S/C26H25N3O2/c1-19-10-9-13-22(18-19)29-26(31-23-14-7-4-8-15-23)24(20(2)28-29)16-17-25(30)27-21-11-5-3-6-12-21/h3-15,18H,16-17H2,1-2H3,(H,27,30). The minimum absolute atomic E-state index is 0.0421. The number of rotatable bonds is 7. The number of ether oxygens (including phenoxy) is 1. The average Bonchev–Trinajstić information content (AvgIpc) is 3.09. The molecule has 1 heterocycles. The Labute approximate surface area is 182 Å². The van der Waals surface area contributed by atoms with E-state index < -0.39 is 0 Å². The van der Waals surface area contributed by atoms with Gasteiger partial charge in [-0.15, -0.1) is 0 Å². The Morgan fingerprint density at radius 3 is 2.35 bits per heavy atom. The van der Waals surface area contributed by atoms with E-state index in [1.807, 2.05) is 97.4 Å². The lowest BCUT2D eigenvalue weighted by Crippen LogP contribution is -2.12. The Bertz CT molecular complexity index is 1170. The van der Waals surface area contributed by atoms with E-state index in [9.17, 15) is 4.79 Å². The summed E-state index contributed by atoms with van der Waals surface area (Å²) in [5, 5.41) is 7.68. The predicted molar refractivity (Wildman–Crippen MR) is 123 cm³/mol. The van der Waals surface area contributed by atoms with Crippen LogP contribution in [0.4, 0.5) is 5.69 Å². The van der Waals surface area contributed by atoms with Gasteiger partial charge in [0, 0.05) is 17.7 Å². The molecule has 0 aliphatic rings. The predicted octanol–water partition coefficient (Wildman–Crippen LogP) is 5.85. The lowest BCUT2D eigenvalue weighted by molar-refractivity contribution is -0.116. The lowest BCUT2D eigenvalue weighted by Gasteiger charge is -2.12. The zero-order valence-corrected chi connectivity index (χ0v) is 17.7. The Morgan fingerprint density at radius 1 is 0.935 bits per heavy atom. The summed E-state index contributed by atoms with van der Waals surface area (Å²) in [4.78, 5) is 12.5. The van der Waals surface area contributed by atoms with Crippen LogP contribution in [0.15, 0.2) is 84.9 Å². The first-order chi connectivity index (χ1) is 15.1. The highest BCUT2D eigenvalue weighted by atomic mass is 16.5. The molecule has 0 bridgehead atoms. The van der Waals surface area contributed by atoms with Gasteiger partial charge in [0.2, 0.25) is 11.8 Å². The van der Waals surface area contributed by atoms with E-state index in [1.165, 1.54) is 0 Å². The molecule has 0 saturated heterocycles. The molecule has 0 saturated carbocycles. The molecule has 0 atom stereocenters. The van der Waals surface area contributed by atoms with Gasteiger partial charge < -0.3 is 10.1 Å². The van der Waals surface area contributed by atoms with E-state index in [2.05, 4.69) is 11.4 Å². The summed E-state index contributed by atoms with van der Waals surface area (Å²) < 4.78 is 8.09. The van der Waals surface area contributed by atoms with Crippen LogP contribution in [0.25, 0.3) is 5.69 Å². The Kier molecular flexibility index (Phi) is 6.13. The van der Waals surface area contributed by atoms with Crippen LogP contribution in [0.1, 0.15) is 23.2 Å². The van der Waals surface area contributed by atoms with Crippen molar-refractivity contribution in [1.82, 2.24) is 9.78 Å². The molecular weight excluding hydrogens is 386 g/mol. The average molecular weight is 412 g/mol. The fourth-order valence-electron chi connectivity index (χ4n) is 3.45. The first-order valence-electron chi connectivity index (χ1n) is 10.3. The molecule has 156 valence electrons. The zero-order chi connectivity index (χ0) is 21.6. The maximum absolute atomic E-state index is 12.5. The number of amides is 1. The van der Waals surface area contributed by atoms with Gasteiger partial charge in [-0.2, -0.15) is 5.10 Å². The van der Waals surface area contributed by atoms with Crippen molar-refractivity contribution < 1.29 is 9.53 Å². The van der Waals surface area contributed by atoms with E-state index in [0.717, 1.165) is 33.9 Å². The van der Waals surface area contributed by atoms with Crippen molar-refractivity contribution in [2.75, 3.05) is 5.32 Å². The van der Waals surface area contributed by atoms with Crippen molar-refractivity contribution in [3.8, 4) is 17.3 Å². The van der Waals surface area contributed by atoms with Crippen LogP contribution in [0.5, 0.6) is 11.6 Å². The van der Waals surface area contributed by atoms with Crippen molar-refractivity contribution in [2.45, 2.75) is 26.7 Å². The van der Waals surface area contributed by atoms with Gasteiger partial charge in [-0.25, -0.2) is 4.68 Å². The van der Waals surface area contributed by atoms with E-state index in [0.29, 0.717) is 18.7 Å². The maximum atomic E-state index is 12.5. The van der Waals surface area contributed by atoms with Crippen molar-refractivity contribution in [1.29, 1.82) is 0 Å². The molecule has 0 aliphatic heterocycles. The third-order valence-corrected chi connectivity index (χ3v) is 5.00. The number of para-hydroxylation sites is 2. The quantitative estimate of drug-likeness (QED) is 0.415. The Morgan fingerprint density at radius 2 is 1.65 bits per heavy atom. The number of benzene rings is 3. The van der Waals surface area contributed by atoms with Crippen molar-refractivity contribution in [2.24, 2.45) is 0 Å². The smallest absolute Gasteiger partial charge is 0.226 e. The van der Waals surface area contributed by atoms with Gasteiger partial charge in [0.1, 0.15) is 5.75 Å². The lowest BCUT2D eigenvalue weighted by atomic mass is 10.1. The van der Waals surface area contributed by atoms with Crippen LogP contribution in [-0.2, 0) is 11.2 Å². The second kappa shape index (κ2) is 9.30. The molecule has 1 amide bonds. The van der Waals surface area contributed by atoms with E-state index in [4.69, 9.17) is 9.84 Å². The van der Waals surface area contributed by atoms with Gasteiger partial charge in [-0.1, -0.05) is 48.5 Å². The highest BCUT2D eigenvalue weighted by Gasteiger charge is 2.20. The van der Waals surface area contributed by atoms with Gasteiger partial charge in [0.05, 0.1) is 11.4 Å². The third kappa shape index (κ3) is 5.01. The molecule has 4 rings (SSSR count). The number of carbonyl (C=O) groups is 1. The second-order valence-corrected chi connectivity index (χ2v) is 7.45. The van der Waals surface area contributed by atoms with E-state index in [-0.39, 0.29) is 5.91 Å². The van der Waals surface area contributed by atoms with Gasteiger partial charge in [0.25, 0.3) is 0 Å². The number of anilines is 1. The van der Waals surface area contributed by atoms with Crippen molar-refractivity contribution in [3.63, 3.8) is 0 Å². The molecule has 31 heavy (non-hydrogen) atoms. The van der Waals surface area contributed by atoms with Gasteiger partial charge in [-0.05, 0) is 62.2 Å². The second-order valence-electron chi connectivity index (χ2n) is 7.45. The van der Waals surface area contributed by atoms with E-state index >= 15 is 0 Å². The van der Waals surface area contributed by atoms with Gasteiger partial charge in [0.15, 0.2) is 0 Å². The minimum Gasteiger partial charge on any atom is -0.439 e. The number of hydrogen-bond donors (Lipinski definition) is 1. The van der Waals surface area contributed by atoms with Crippen LogP contribution < -0.4 is 10.1 Å². The molecule has 0 spiro atoms. The summed E-state index contributed by atoms with van der Waals surface area (Å²) in [5.74, 6) is 1.33. The van der Waals surface area contributed by atoms with Crippen LogP contribution in [0, 0.1) is 13.8 Å². The largest absolute Gasteiger partial charge is 0.439 e. The fourth-order valence-corrected chi connectivity index (χ4v) is 3.45. The van der Waals surface area contributed by atoms with Crippen LogP contribution in [0.2, 0.25) is 0 Å². The summed E-state index contributed by atoms with van der Waals surface area (Å²) in [6.45, 7) is 4.00. The Hall–Kier alpha value is -3.86. The first-order valence-corrected chi connectivity index (χ1v) is 10.3. The molecule has 0 unspecified atom stereocenters. The summed E-state index contributed by atoms with van der Waals surface area (Å²) in [6, 6.07) is 27.2. The maximum Gasteiger partial charge on any atom is 0.226 e. The molecule has 0 aliphatic carbocycles. The summed E-state index contributed by atoms with van der Waals surface area (Å²) in [7, 11) is 0. The monoisotopic (exact) mass is 411 g/mol. The fraction of sp³-hybridized carbons (Fsp3) is 0.154. The summed E-state index contributed by atoms with van der Waals surface area (Å²) >= 11 is 0. The molecule has 0 radical (unpaired) electrons. The first kappa shape index (κ1) is 20.4. The van der Waals surface area contributed by atoms with Crippen LogP contribution in [0.3, 0.4) is 0 Å². The topological polar surface area (TPSA) is 56.2 Å². The Balaban J connectivity index is 1.62. The summed E-state index contributed by atoms with van der Waals surface area (Å²) in [6.07, 6.45) is 0.860. The third-order valence-electron chi connectivity index (χ3n) is 5.00. The highest BCUT2D eigenvalue weighted by molar-refractivity contribution is 5.90. The van der Waals surface area contributed by atoms with Crippen molar-refractivity contribution >= 4 is 11.6 Å². The van der Waals surface area contributed by atoms with Gasteiger partial charge in [-0.3, -0.25) is 4.79 Å². The van der Waals surface area contributed by atoms with Crippen molar-refractivity contribution in [3.05, 3.63) is 102 Å². The molecule has 4 aromatic rings. The van der Waals surface area contributed by atoms with Crippen LogP contribution in [-0.4, -0.2) is 15.7 Å². The normalized spacial score (nSPS) is 10.6. The molecule has 5 heteroatoms. The number of aryl methyl sites for hydroxylation is 2.